The minimum Gasteiger partial charge on any atom is -0.479 e. The van der Waals surface area contributed by atoms with Gasteiger partial charge in [-0.15, -0.1) is 0 Å². The SMILES string of the molecule is CC[C@]1(C)C[C@@]1(NC(=O)OCC1c2ccccc2-c2ccccc21)C(=O)O. The Hall–Kier alpha value is -2.82. The van der Waals surface area contributed by atoms with Crippen LogP contribution in [0.5, 0.6) is 0 Å². The van der Waals surface area contributed by atoms with Crippen molar-refractivity contribution in [3.05, 3.63) is 59.7 Å². The average Bonchev–Trinajstić information content (AvgIpc) is 3.15. The van der Waals surface area contributed by atoms with Gasteiger partial charge in [0.15, 0.2) is 0 Å². The highest BCUT2D eigenvalue weighted by Crippen LogP contribution is 2.58. The van der Waals surface area contributed by atoms with Crippen molar-refractivity contribution in [2.45, 2.75) is 38.1 Å². The van der Waals surface area contributed by atoms with Crippen molar-refractivity contribution in [2.75, 3.05) is 6.61 Å². The largest absolute Gasteiger partial charge is 0.479 e. The molecule has 27 heavy (non-hydrogen) atoms. The van der Waals surface area contributed by atoms with E-state index in [1.165, 1.54) is 0 Å². The first-order valence-corrected chi connectivity index (χ1v) is 9.28. The third-order valence-corrected chi connectivity index (χ3v) is 6.37. The molecule has 2 N–H and O–H groups in total. The Balaban J connectivity index is 1.50. The highest BCUT2D eigenvalue weighted by atomic mass is 16.5. The summed E-state index contributed by atoms with van der Waals surface area (Å²) < 4.78 is 5.49. The van der Waals surface area contributed by atoms with Crippen LogP contribution in [-0.2, 0) is 9.53 Å². The molecule has 0 saturated heterocycles. The number of nitrogens with one attached hydrogen (secondary N) is 1. The zero-order valence-electron chi connectivity index (χ0n) is 15.5. The van der Waals surface area contributed by atoms with Crippen LogP contribution in [0.1, 0.15) is 43.7 Å². The summed E-state index contributed by atoms with van der Waals surface area (Å²) >= 11 is 0. The Bertz CT molecular complexity index is 879. The second kappa shape index (κ2) is 6.12. The summed E-state index contributed by atoms with van der Waals surface area (Å²) in [6.45, 7) is 3.99. The highest BCUT2D eigenvalue weighted by Gasteiger charge is 2.70. The zero-order chi connectivity index (χ0) is 19.2. The maximum absolute atomic E-state index is 12.4. The van der Waals surface area contributed by atoms with Gasteiger partial charge in [-0.2, -0.15) is 0 Å². The number of rotatable bonds is 5. The first kappa shape index (κ1) is 17.6. The van der Waals surface area contributed by atoms with Crippen molar-refractivity contribution in [2.24, 2.45) is 5.41 Å². The zero-order valence-corrected chi connectivity index (χ0v) is 15.5. The van der Waals surface area contributed by atoms with E-state index in [1.807, 2.05) is 38.1 Å². The molecule has 2 atom stereocenters. The number of benzene rings is 2. The molecule has 0 unspecified atom stereocenters. The topological polar surface area (TPSA) is 75.6 Å². The summed E-state index contributed by atoms with van der Waals surface area (Å²) in [7, 11) is 0. The molecule has 0 aliphatic heterocycles. The predicted octanol–water partition coefficient (Wildman–Crippen LogP) is 4.17. The number of carboxylic acid groups (broad SMARTS) is 1. The molecule has 1 amide bonds. The summed E-state index contributed by atoms with van der Waals surface area (Å²) in [6, 6.07) is 16.2. The lowest BCUT2D eigenvalue weighted by Crippen LogP contribution is -2.47. The Morgan fingerprint density at radius 1 is 1.11 bits per heavy atom. The molecular formula is C22H23NO4. The van der Waals surface area contributed by atoms with E-state index in [0.29, 0.717) is 12.8 Å². The lowest BCUT2D eigenvalue weighted by atomic mass is 9.98. The van der Waals surface area contributed by atoms with Gasteiger partial charge >= 0.3 is 12.1 Å². The minimum absolute atomic E-state index is 0.0410. The monoisotopic (exact) mass is 365 g/mol. The fraction of sp³-hybridized carbons (Fsp3) is 0.364. The van der Waals surface area contributed by atoms with Gasteiger partial charge in [-0.1, -0.05) is 62.4 Å². The van der Waals surface area contributed by atoms with Crippen LogP contribution in [0.4, 0.5) is 4.79 Å². The van der Waals surface area contributed by atoms with Gasteiger partial charge in [0.05, 0.1) is 0 Å². The number of carbonyl (C=O) groups excluding carboxylic acids is 1. The molecule has 0 spiro atoms. The number of carbonyl (C=O) groups is 2. The number of hydrogen-bond acceptors (Lipinski definition) is 3. The van der Waals surface area contributed by atoms with Gasteiger partial charge in [-0.25, -0.2) is 9.59 Å². The van der Waals surface area contributed by atoms with Crippen LogP contribution < -0.4 is 5.32 Å². The Labute approximate surface area is 158 Å². The van der Waals surface area contributed by atoms with Crippen molar-refractivity contribution in [3.8, 4) is 11.1 Å². The lowest BCUT2D eigenvalue weighted by molar-refractivity contribution is -0.141. The molecular weight excluding hydrogens is 342 g/mol. The first-order chi connectivity index (χ1) is 12.9. The van der Waals surface area contributed by atoms with Crippen LogP contribution in [0.15, 0.2) is 48.5 Å². The number of aliphatic carboxylic acids is 1. The van der Waals surface area contributed by atoms with Crippen molar-refractivity contribution in [1.82, 2.24) is 5.32 Å². The summed E-state index contributed by atoms with van der Waals surface area (Å²) in [5.41, 5.74) is 2.93. The van der Waals surface area contributed by atoms with Gasteiger partial charge in [0.2, 0.25) is 0 Å². The summed E-state index contributed by atoms with van der Waals surface area (Å²) in [6.07, 6.45) is 0.440. The summed E-state index contributed by atoms with van der Waals surface area (Å²) in [5, 5.41) is 12.2. The molecule has 2 aliphatic rings. The van der Waals surface area contributed by atoms with Crippen LogP contribution in [0.3, 0.4) is 0 Å². The lowest BCUT2D eigenvalue weighted by Gasteiger charge is -2.20. The number of fused-ring (bicyclic) bond motifs is 3. The van der Waals surface area contributed by atoms with E-state index in [2.05, 4.69) is 29.6 Å². The van der Waals surface area contributed by atoms with Crippen molar-refractivity contribution in [1.29, 1.82) is 0 Å². The number of amides is 1. The van der Waals surface area contributed by atoms with Crippen molar-refractivity contribution >= 4 is 12.1 Å². The number of carboxylic acids is 1. The third kappa shape index (κ3) is 2.60. The highest BCUT2D eigenvalue weighted by molar-refractivity contribution is 5.89. The molecule has 2 aromatic carbocycles. The van der Waals surface area contributed by atoms with Gasteiger partial charge in [0, 0.05) is 11.3 Å². The molecule has 4 rings (SSSR count). The summed E-state index contributed by atoms with van der Waals surface area (Å²) in [4.78, 5) is 24.1. The Morgan fingerprint density at radius 2 is 1.67 bits per heavy atom. The molecule has 0 aromatic heterocycles. The smallest absolute Gasteiger partial charge is 0.408 e. The van der Waals surface area contributed by atoms with Crippen LogP contribution in [0.25, 0.3) is 11.1 Å². The number of ether oxygens (including phenoxy) is 1. The Kier molecular flexibility index (Phi) is 3.98. The van der Waals surface area contributed by atoms with Crippen LogP contribution in [-0.4, -0.2) is 29.3 Å². The molecule has 1 fully saturated rings. The third-order valence-electron chi connectivity index (χ3n) is 6.37. The van der Waals surface area contributed by atoms with Gasteiger partial charge < -0.3 is 15.2 Å². The maximum atomic E-state index is 12.4. The maximum Gasteiger partial charge on any atom is 0.408 e. The van der Waals surface area contributed by atoms with Gasteiger partial charge in [0.25, 0.3) is 0 Å². The summed E-state index contributed by atoms with van der Waals surface area (Å²) in [5.74, 6) is -1.04. The fourth-order valence-corrected chi connectivity index (χ4v) is 4.36. The molecule has 5 nitrogen and oxygen atoms in total. The van der Waals surface area contributed by atoms with Gasteiger partial charge in [-0.05, 0) is 35.1 Å². The quantitative estimate of drug-likeness (QED) is 0.834. The van der Waals surface area contributed by atoms with E-state index in [4.69, 9.17) is 4.74 Å². The van der Waals surface area contributed by atoms with Gasteiger partial charge in [-0.3, -0.25) is 0 Å². The Morgan fingerprint density at radius 3 is 2.15 bits per heavy atom. The number of alkyl carbamates (subject to hydrolysis) is 1. The fourth-order valence-electron chi connectivity index (χ4n) is 4.36. The molecule has 140 valence electrons. The number of hydrogen-bond donors (Lipinski definition) is 2. The minimum atomic E-state index is -1.22. The van der Waals surface area contributed by atoms with Crippen LogP contribution in [0.2, 0.25) is 0 Å². The normalized spacial score (nSPS) is 25.4. The molecule has 2 aliphatic carbocycles. The van der Waals surface area contributed by atoms with Crippen molar-refractivity contribution < 1.29 is 19.4 Å². The van der Waals surface area contributed by atoms with E-state index >= 15 is 0 Å². The van der Waals surface area contributed by atoms with E-state index < -0.39 is 23.0 Å². The second-order valence-corrected chi connectivity index (χ2v) is 7.75. The van der Waals surface area contributed by atoms with Crippen molar-refractivity contribution in [3.63, 3.8) is 0 Å². The van der Waals surface area contributed by atoms with Crippen LogP contribution in [0, 0.1) is 5.41 Å². The second-order valence-electron chi connectivity index (χ2n) is 7.75. The van der Waals surface area contributed by atoms with Crippen LogP contribution >= 0.6 is 0 Å². The molecule has 1 saturated carbocycles. The standard InChI is InChI=1S/C22H23NO4/c1-3-21(2)13-22(21,19(24)25)23-20(26)27-12-18-16-10-6-4-8-14(16)15-9-5-7-11-17(15)18/h4-11,18H,3,12-13H2,1-2H3,(H,23,26)(H,24,25)/t21-,22-/m1/s1. The molecule has 5 heteroatoms. The molecule has 0 bridgehead atoms. The molecule has 2 aromatic rings. The average molecular weight is 365 g/mol. The van der Waals surface area contributed by atoms with E-state index in [-0.39, 0.29) is 12.5 Å². The first-order valence-electron chi connectivity index (χ1n) is 9.28. The molecule has 0 heterocycles. The predicted molar refractivity (Wildman–Crippen MR) is 102 cm³/mol. The van der Waals surface area contributed by atoms with Gasteiger partial charge in [0.1, 0.15) is 12.1 Å². The molecule has 0 radical (unpaired) electrons. The van der Waals surface area contributed by atoms with E-state index in [0.717, 1.165) is 22.3 Å². The van der Waals surface area contributed by atoms with E-state index in [9.17, 15) is 14.7 Å². The van der Waals surface area contributed by atoms with E-state index in [1.54, 1.807) is 0 Å².